The van der Waals surface area contributed by atoms with E-state index in [2.05, 4.69) is 10.6 Å². The first-order chi connectivity index (χ1) is 20.7. The molecule has 0 saturated heterocycles. The summed E-state index contributed by atoms with van der Waals surface area (Å²) in [5.74, 6) is -1.62. The molecule has 2 heterocycles. The molecule has 0 bridgehead atoms. The summed E-state index contributed by atoms with van der Waals surface area (Å²) >= 11 is 0. The summed E-state index contributed by atoms with van der Waals surface area (Å²) in [4.78, 5) is 66.5. The third-order valence-corrected chi connectivity index (χ3v) is 8.11. The van der Waals surface area contributed by atoms with Gasteiger partial charge in [0, 0.05) is 77.9 Å². The number of non-ortho nitro benzene ring substituents is 1. The quantitative estimate of drug-likeness (QED) is 0.125. The fraction of sp³-hybridized carbons (Fsp3) is 0.250. The van der Waals surface area contributed by atoms with Gasteiger partial charge in [0.25, 0.3) is 29.3 Å². The minimum absolute atomic E-state index is 0.141. The predicted octanol–water partition coefficient (Wildman–Crippen LogP) is 3.75. The molecule has 0 fully saturated rings. The summed E-state index contributed by atoms with van der Waals surface area (Å²) in [7, 11) is 0. The van der Waals surface area contributed by atoms with Gasteiger partial charge in [0.05, 0.1) is 10.5 Å². The number of imide groups is 2. The van der Waals surface area contributed by atoms with Crippen molar-refractivity contribution in [2.24, 2.45) is 0 Å². The Morgan fingerprint density at radius 2 is 1.07 bits per heavy atom. The summed E-state index contributed by atoms with van der Waals surface area (Å²) < 4.78 is 0. The first kappa shape index (κ1) is 28.1. The molecule has 2 aliphatic rings. The van der Waals surface area contributed by atoms with E-state index in [4.69, 9.17) is 0 Å². The van der Waals surface area contributed by atoms with Crippen LogP contribution in [0.2, 0.25) is 0 Å². The van der Waals surface area contributed by atoms with E-state index in [9.17, 15) is 29.3 Å². The molecule has 2 N–H and O–H groups in total. The molecule has 218 valence electrons. The maximum absolute atomic E-state index is 13.4. The summed E-state index contributed by atoms with van der Waals surface area (Å²) in [6, 6.07) is 17.5. The molecule has 2 aliphatic heterocycles. The number of amides is 4. The Kier molecular flexibility index (Phi) is 7.20. The zero-order valence-electron chi connectivity index (χ0n) is 23.6. The van der Waals surface area contributed by atoms with Crippen molar-refractivity contribution in [2.45, 2.75) is 25.9 Å². The Labute approximate surface area is 246 Å². The number of rotatable bonds is 10. The van der Waals surface area contributed by atoms with Crippen molar-refractivity contribution in [3.05, 3.63) is 99.1 Å². The molecule has 4 amide bonds. The summed E-state index contributed by atoms with van der Waals surface area (Å²) in [6.45, 7) is 5.26. The SMILES string of the molecule is C[C@H](CNCCNC[C@@H](C)N1C(=O)c2cccc3cc([N+](=O)[O-])cc(c23)C1=O)N1C(=O)c2cccc3cccc(c23)C1=O. The molecule has 2 atom stereocenters. The van der Waals surface area contributed by atoms with Gasteiger partial charge in [0.1, 0.15) is 0 Å². The third-order valence-electron chi connectivity index (χ3n) is 8.11. The van der Waals surface area contributed by atoms with Crippen LogP contribution in [-0.2, 0) is 0 Å². The smallest absolute Gasteiger partial charge is 0.270 e. The van der Waals surface area contributed by atoms with E-state index >= 15 is 0 Å². The maximum Gasteiger partial charge on any atom is 0.270 e. The molecule has 0 aliphatic carbocycles. The van der Waals surface area contributed by atoms with Gasteiger partial charge in [-0.2, -0.15) is 0 Å². The highest BCUT2D eigenvalue weighted by molar-refractivity contribution is 6.26. The van der Waals surface area contributed by atoms with Crippen molar-refractivity contribution in [3.8, 4) is 0 Å². The summed E-state index contributed by atoms with van der Waals surface area (Å²) in [5.41, 5.74) is 1.31. The second-order valence-electron chi connectivity index (χ2n) is 10.9. The van der Waals surface area contributed by atoms with E-state index in [-0.39, 0.29) is 23.1 Å². The van der Waals surface area contributed by atoms with Crippen molar-refractivity contribution < 1.29 is 24.1 Å². The van der Waals surface area contributed by atoms with Crippen LogP contribution < -0.4 is 10.6 Å². The molecule has 11 nitrogen and oxygen atoms in total. The minimum atomic E-state index is -0.563. The molecule has 0 radical (unpaired) electrons. The van der Waals surface area contributed by atoms with Gasteiger partial charge in [-0.05, 0) is 42.8 Å². The predicted molar refractivity (Wildman–Crippen MR) is 160 cm³/mol. The van der Waals surface area contributed by atoms with Gasteiger partial charge in [-0.1, -0.05) is 36.4 Å². The zero-order chi connectivity index (χ0) is 30.4. The lowest BCUT2D eigenvalue weighted by Crippen LogP contribution is -2.51. The highest BCUT2D eigenvalue weighted by Gasteiger charge is 2.37. The fourth-order valence-corrected chi connectivity index (χ4v) is 6.05. The van der Waals surface area contributed by atoms with Crippen LogP contribution >= 0.6 is 0 Å². The molecular formula is C32H29N5O6. The molecule has 11 heteroatoms. The second kappa shape index (κ2) is 11.0. The fourth-order valence-electron chi connectivity index (χ4n) is 6.05. The highest BCUT2D eigenvalue weighted by Crippen LogP contribution is 2.34. The van der Waals surface area contributed by atoms with Crippen molar-refractivity contribution in [1.29, 1.82) is 0 Å². The van der Waals surface area contributed by atoms with Crippen LogP contribution in [0, 0.1) is 10.1 Å². The lowest BCUT2D eigenvalue weighted by Gasteiger charge is -2.32. The van der Waals surface area contributed by atoms with Gasteiger partial charge in [0.15, 0.2) is 0 Å². The molecule has 6 rings (SSSR count). The first-order valence-electron chi connectivity index (χ1n) is 14.1. The summed E-state index contributed by atoms with van der Waals surface area (Å²) in [6.07, 6.45) is 0. The van der Waals surface area contributed by atoms with Crippen LogP contribution in [0.25, 0.3) is 21.5 Å². The average Bonchev–Trinajstić information content (AvgIpc) is 3.00. The van der Waals surface area contributed by atoms with Gasteiger partial charge in [-0.15, -0.1) is 0 Å². The topological polar surface area (TPSA) is 142 Å². The normalized spacial score (nSPS) is 15.9. The van der Waals surface area contributed by atoms with Crippen LogP contribution in [0.5, 0.6) is 0 Å². The standard InChI is InChI=1S/C32H29N5O6/c1-18(35-29(38)23-9-3-6-20-7-4-10-24(27(20)23)30(35)39)16-33-12-13-34-17-19(2)36-31(40)25-11-5-8-21-14-22(37(42)43)15-26(28(21)25)32(36)41/h3-11,14-15,18-19,33-34H,12-13,16-17H2,1-2H3/t18-,19-/m1/s1. The number of carbonyl (C=O) groups excluding carboxylic acids is 4. The van der Waals surface area contributed by atoms with E-state index < -0.39 is 28.8 Å². The van der Waals surface area contributed by atoms with E-state index in [1.807, 2.05) is 31.2 Å². The van der Waals surface area contributed by atoms with E-state index in [0.29, 0.717) is 59.0 Å². The molecular weight excluding hydrogens is 550 g/mol. The average molecular weight is 580 g/mol. The third kappa shape index (κ3) is 4.72. The van der Waals surface area contributed by atoms with Crippen molar-refractivity contribution >= 4 is 50.9 Å². The molecule has 0 spiro atoms. The Hall–Kier alpha value is -5.00. The second-order valence-corrected chi connectivity index (χ2v) is 10.9. The van der Waals surface area contributed by atoms with E-state index in [1.54, 1.807) is 37.3 Å². The van der Waals surface area contributed by atoms with Crippen molar-refractivity contribution in [1.82, 2.24) is 20.4 Å². The Morgan fingerprint density at radius 3 is 1.53 bits per heavy atom. The Morgan fingerprint density at radius 1 is 0.651 bits per heavy atom. The number of hydrogen-bond acceptors (Lipinski definition) is 8. The zero-order valence-corrected chi connectivity index (χ0v) is 23.6. The van der Waals surface area contributed by atoms with Crippen LogP contribution in [-0.4, -0.2) is 76.6 Å². The van der Waals surface area contributed by atoms with Crippen LogP contribution in [0.1, 0.15) is 55.3 Å². The van der Waals surface area contributed by atoms with Gasteiger partial charge < -0.3 is 10.6 Å². The van der Waals surface area contributed by atoms with Crippen molar-refractivity contribution in [3.63, 3.8) is 0 Å². The van der Waals surface area contributed by atoms with Gasteiger partial charge >= 0.3 is 0 Å². The highest BCUT2D eigenvalue weighted by atomic mass is 16.6. The molecule has 4 aromatic rings. The van der Waals surface area contributed by atoms with Crippen LogP contribution in [0.3, 0.4) is 0 Å². The van der Waals surface area contributed by atoms with Crippen LogP contribution in [0.4, 0.5) is 5.69 Å². The monoisotopic (exact) mass is 579 g/mol. The number of nitro groups is 1. The lowest BCUT2D eigenvalue weighted by molar-refractivity contribution is -0.384. The minimum Gasteiger partial charge on any atom is -0.313 e. The number of carbonyl (C=O) groups is 4. The molecule has 0 saturated carbocycles. The number of nitrogens with zero attached hydrogens (tertiary/aromatic N) is 3. The number of benzene rings is 4. The molecule has 0 unspecified atom stereocenters. The first-order valence-corrected chi connectivity index (χ1v) is 14.1. The molecule has 4 aromatic carbocycles. The summed E-state index contributed by atoms with van der Waals surface area (Å²) in [5, 5.41) is 20.4. The van der Waals surface area contributed by atoms with Gasteiger partial charge in [-0.25, -0.2) is 0 Å². The van der Waals surface area contributed by atoms with Crippen LogP contribution in [0.15, 0.2) is 66.7 Å². The Balaban J connectivity index is 1.04. The largest absolute Gasteiger partial charge is 0.313 e. The molecule has 0 aromatic heterocycles. The number of nitro benzene ring substituents is 1. The maximum atomic E-state index is 13.4. The Bertz CT molecular complexity index is 1800. The number of nitrogens with one attached hydrogen (secondary N) is 2. The van der Waals surface area contributed by atoms with E-state index in [1.165, 1.54) is 17.0 Å². The van der Waals surface area contributed by atoms with Crippen molar-refractivity contribution in [2.75, 3.05) is 26.2 Å². The van der Waals surface area contributed by atoms with E-state index in [0.717, 1.165) is 10.3 Å². The molecule has 43 heavy (non-hydrogen) atoms. The number of hydrogen-bond donors (Lipinski definition) is 2. The lowest BCUT2D eigenvalue weighted by atomic mass is 9.92. The van der Waals surface area contributed by atoms with Gasteiger partial charge in [-0.3, -0.25) is 39.1 Å². The van der Waals surface area contributed by atoms with Gasteiger partial charge in [0.2, 0.25) is 0 Å².